The highest BCUT2D eigenvalue weighted by atomic mass is 16.5. The summed E-state index contributed by atoms with van der Waals surface area (Å²) in [5.74, 6) is 0.933. The average Bonchev–Trinajstić information content (AvgIpc) is 2.47. The second-order valence-corrected chi connectivity index (χ2v) is 4.65. The summed E-state index contributed by atoms with van der Waals surface area (Å²) in [6.45, 7) is 2.92. The lowest BCUT2D eigenvalue weighted by Crippen LogP contribution is -2.44. The van der Waals surface area contributed by atoms with Gasteiger partial charge >= 0.3 is 0 Å². The van der Waals surface area contributed by atoms with Crippen LogP contribution in [-0.2, 0) is 9.47 Å². The van der Waals surface area contributed by atoms with Gasteiger partial charge in [0.15, 0.2) is 5.82 Å². The Morgan fingerprint density at radius 1 is 1.42 bits per heavy atom. The van der Waals surface area contributed by atoms with E-state index in [9.17, 15) is 0 Å². The van der Waals surface area contributed by atoms with Crippen molar-refractivity contribution < 1.29 is 9.47 Å². The molecule has 2 aromatic rings. The number of rotatable bonds is 3. The first-order valence-electron chi connectivity index (χ1n) is 6.44. The maximum atomic E-state index is 5.67. The Bertz CT molecular complexity index is 554. The number of hydrogen-bond donors (Lipinski definition) is 0. The molecule has 0 spiro atoms. The zero-order valence-electron chi connectivity index (χ0n) is 11.0. The third-order valence-electron chi connectivity index (χ3n) is 3.34. The Balaban J connectivity index is 1.91. The van der Waals surface area contributed by atoms with Crippen LogP contribution in [0.2, 0.25) is 0 Å². The van der Waals surface area contributed by atoms with Crippen molar-refractivity contribution in [2.75, 3.05) is 38.3 Å². The Kier molecular flexibility index (Phi) is 3.57. The predicted molar refractivity (Wildman–Crippen MR) is 73.4 cm³/mol. The molecule has 1 aromatic carbocycles. The molecule has 0 saturated carbocycles. The van der Waals surface area contributed by atoms with E-state index in [2.05, 4.69) is 27.2 Å². The van der Waals surface area contributed by atoms with Crippen molar-refractivity contribution in [2.24, 2.45) is 0 Å². The highest BCUT2D eigenvalue weighted by Crippen LogP contribution is 2.24. The van der Waals surface area contributed by atoms with Crippen molar-refractivity contribution in [1.82, 2.24) is 10.2 Å². The molecular weight excluding hydrogens is 242 g/mol. The van der Waals surface area contributed by atoms with Gasteiger partial charge in [-0.1, -0.05) is 24.3 Å². The number of anilines is 1. The molecule has 1 aliphatic rings. The van der Waals surface area contributed by atoms with Crippen LogP contribution < -0.4 is 4.90 Å². The zero-order valence-corrected chi connectivity index (χ0v) is 11.0. The molecule has 0 unspecified atom stereocenters. The summed E-state index contributed by atoms with van der Waals surface area (Å²) in [6, 6.07) is 8.18. The molecule has 1 saturated heterocycles. The maximum absolute atomic E-state index is 5.67. The Morgan fingerprint density at radius 3 is 3.21 bits per heavy atom. The van der Waals surface area contributed by atoms with Crippen molar-refractivity contribution in [2.45, 2.75) is 6.10 Å². The second kappa shape index (κ2) is 5.50. The Morgan fingerprint density at radius 2 is 2.32 bits per heavy atom. The van der Waals surface area contributed by atoms with Crippen LogP contribution in [0.25, 0.3) is 10.8 Å². The number of nitrogens with zero attached hydrogens (tertiary/aromatic N) is 3. The van der Waals surface area contributed by atoms with Gasteiger partial charge < -0.3 is 14.4 Å². The summed E-state index contributed by atoms with van der Waals surface area (Å²) in [4.78, 5) is 2.22. The van der Waals surface area contributed by atoms with Gasteiger partial charge in [-0.15, -0.1) is 5.10 Å². The number of aromatic nitrogens is 2. The zero-order chi connectivity index (χ0) is 13.1. The molecule has 0 amide bonds. The third kappa shape index (κ3) is 2.52. The van der Waals surface area contributed by atoms with E-state index in [1.54, 1.807) is 13.3 Å². The van der Waals surface area contributed by atoms with Gasteiger partial charge in [-0.3, -0.25) is 0 Å². The summed E-state index contributed by atoms with van der Waals surface area (Å²) in [5, 5.41) is 10.6. The molecular formula is C14H17N3O2. The molecule has 1 aliphatic heterocycles. The van der Waals surface area contributed by atoms with Gasteiger partial charge in [0.05, 0.1) is 25.5 Å². The molecule has 1 fully saturated rings. The van der Waals surface area contributed by atoms with Gasteiger partial charge in [0.1, 0.15) is 0 Å². The van der Waals surface area contributed by atoms with E-state index in [1.807, 2.05) is 12.1 Å². The van der Waals surface area contributed by atoms with E-state index in [-0.39, 0.29) is 6.10 Å². The molecule has 1 atom stereocenters. The van der Waals surface area contributed by atoms with E-state index in [4.69, 9.17) is 9.47 Å². The van der Waals surface area contributed by atoms with Crippen LogP contribution in [-0.4, -0.2) is 49.7 Å². The van der Waals surface area contributed by atoms with E-state index >= 15 is 0 Å². The lowest BCUT2D eigenvalue weighted by Gasteiger charge is -2.33. The van der Waals surface area contributed by atoms with Gasteiger partial charge in [-0.2, -0.15) is 5.10 Å². The van der Waals surface area contributed by atoms with Crippen molar-refractivity contribution >= 4 is 16.6 Å². The minimum atomic E-state index is 0.0968. The van der Waals surface area contributed by atoms with Crippen LogP contribution in [0.3, 0.4) is 0 Å². The van der Waals surface area contributed by atoms with Crippen LogP contribution >= 0.6 is 0 Å². The third-order valence-corrected chi connectivity index (χ3v) is 3.34. The highest BCUT2D eigenvalue weighted by Gasteiger charge is 2.22. The van der Waals surface area contributed by atoms with Crippen molar-refractivity contribution in [3.8, 4) is 0 Å². The normalized spacial score (nSPS) is 19.8. The van der Waals surface area contributed by atoms with Crippen LogP contribution in [0.5, 0.6) is 0 Å². The first-order valence-corrected chi connectivity index (χ1v) is 6.44. The van der Waals surface area contributed by atoms with E-state index in [0.717, 1.165) is 29.7 Å². The molecule has 0 bridgehead atoms. The minimum absolute atomic E-state index is 0.0968. The fraction of sp³-hybridized carbons (Fsp3) is 0.429. The van der Waals surface area contributed by atoms with E-state index in [1.165, 1.54) is 0 Å². The second-order valence-electron chi connectivity index (χ2n) is 4.65. The topological polar surface area (TPSA) is 47.5 Å². The van der Waals surface area contributed by atoms with Crippen LogP contribution in [0, 0.1) is 0 Å². The van der Waals surface area contributed by atoms with Crippen LogP contribution in [0.4, 0.5) is 5.82 Å². The number of morpholine rings is 1. The quantitative estimate of drug-likeness (QED) is 0.835. The smallest absolute Gasteiger partial charge is 0.159 e. The molecule has 100 valence electrons. The number of fused-ring (bicyclic) bond motifs is 1. The molecule has 0 radical (unpaired) electrons. The Hall–Kier alpha value is -1.72. The lowest BCUT2D eigenvalue weighted by molar-refractivity contribution is -0.0102. The molecule has 5 nitrogen and oxygen atoms in total. The number of ether oxygens (including phenoxy) is 2. The largest absolute Gasteiger partial charge is 0.382 e. The number of hydrogen-bond acceptors (Lipinski definition) is 5. The van der Waals surface area contributed by atoms with Crippen molar-refractivity contribution in [3.63, 3.8) is 0 Å². The summed E-state index contributed by atoms with van der Waals surface area (Å²) < 4.78 is 10.8. The summed E-state index contributed by atoms with van der Waals surface area (Å²) in [5.41, 5.74) is 0. The standard InChI is InChI=1S/C14H17N3O2/c1-18-10-12-9-17(6-7-19-12)14-13-5-3-2-4-11(13)8-15-16-14/h2-5,8,12H,6-7,9-10H2,1H3/t12-/m0/s1. The first-order chi connectivity index (χ1) is 9.38. The fourth-order valence-corrected chi connectivity index (χ4v) is 2.44. The molecule has 0 N–H and O–H groups in total. The lowest BCUT2D eigenvalue weighted by atomic mass is 10.1. The van der Waals surface area contributed by atoms with Gasteiger partial charge in [-0.25, -0.2) is 0 Å². The first kappa shape index (κ1) is 12.3. The molecule has 3 rings (SSSR count). The molecule has 0 aliphatic carbocycles. The molecule has 1 aromatic heterocycles. The molecule has 19 heavy (non-hydrogen) atoms. The highest BCUT2D eigenvalue weighted by molar-refractivity contribution is 5.91. The van der Waals surface area contributed by atoms with Gasteiger partial charge in [0.2, 0.25) is 0 Å². The monoisotopic (exact) mass is 259 g/mol. The summed E-state index contributed by atoms with van der Waals surface area (Å²) in [7, 11) is 1.69. The minimum Gasteiger partial charge on any atom is -0.382 e. The SMILES string of the molecule is COC[C@@H]1CN(c2nncc3ccccc23)CCO1. The van der Waals surface area contributed by atoms with E-state index < -0.39 is 0 Å². The maximum Gasteiger partial charge on any atom is 0.159 e. The van der Waals surface area contributed by atoms with Crippen LogP contribution in [0.1, 0.15) is 0 Å². The number of benzene rings is 1. The number of methoxy groups -OCH3 is 1. The Labute approximate surface area is 112 Å². The predicted octanol–water partition coefficient (Wildman–Crippen LogP) is 1.48. The van der Waals surface area contributed by atoms with Gasteiger partial charge in [-0.05, 0) is 0 Å². The fourth-order valence-electron chi connectivity index (χ4n) is 2.44. The van der Waals surface area contributed by atoms with E-state index in [0.29, 0.717) is 13.2 Å². The van der Waals surface area contributed by atoms with Gasteiger partial charge in [0.25, 0.3) is 0 Å². The summed E-state index contributed by atoms with van der Waals surface area (Å²) in [6.07, 6.45) is 1.89. The van der Waals surface area contributed by atoms with Crippen LogP contribution in [0.15, 0.2) is 30.5 Å². The average molecular weight is 259 g/mol. The molecule has 5 heteroatoms. The van der Waals surface area contributed by atoms with Crippen molar-refractivity contribution in [1.29, 1.82) is 0 Å². The molecule has 2 heterocycles. The van der Waals surface area contributed by atoms with Gasteiger partial charge in [0, 0.05) is 31.0 Å². The summed E-state index contributed by atoms with van der Waals surface area (Å²) >= 11 is 0. The van der Waals surface area contributed by atoms with Crippen molar-refractivity contribution in [3.05, 3.63) is 30.5 Å².